The number of unbranched alkanes of at least 4 members (excludes halogenated alkanes) is 4. The molecule has 0 bridgehead atoms. The number of aromatic hydroxyl groups is 1. The summed E-state index contributed by atoms with van der Waals surface area (Å²) in [6.45, 7) is 2.65. The molecule has 0 saturated carbocycles. The van der Waals surface area contributed by atoms with Crippen LogP contribution in [0, 0.1) is 0 Å². The first-order chi connectivity index (χ1) is 8.24. The first-order valence-corrected chi connectivity index (χ1v) is 6.20. The van der Waals surface area contributed by atoms with Gasteiger partial charge in [0.05, 0.1) is 12.2 Å². The average molecular weight is 260 g/mol. The maximum atomic E-state index is 11.5. The molecule has 96 valence electrons. The normalized spacial score (nSPS) is 9.61. The van der Waals surface area contributed by atoms with Crippen LogP contribution in [0.25, 0.3) is 0 Å². The molecule has 0 aliphatic rings. The van der Waals surface area contributed by atoms with Crippen molar-refractivity contribution in [2.75, 3.05) is 6.61 Å². The van der Waals surface area contributed by atoms with Crippen LogP contribution in [0.3, 0.4) is 0 Å². The van der Waals surface area contributed by atoms with Crippen LogP contribution in [-0.4, -0.2) is 47.2 Å². The van der Waals surface area contributed by atoms with Crippen molar-refractivity contribution in [2.24, 2.45) is 0 Å². The number of hydrogen-bond donors (Lipinski definition) is 1. The van der Waals surface area contributed by atoms with Gasteiger partial charge in [-0.3, -0.25) is 0 Å². The third-order valence-electron chi connectivity index (χ3n) is 2.58. The van der Waals surface area contributed by atoms with Crippen LogP contribution < -0.4 is 0 Å². The summed E-state index contributed by atoms with van der Waals surface area (Å²) in [4.78, 5) is 11.5. The average Bonchev–Trinajstić information content (AvgIpc) is 2.34. The van der Waals surface area contributed by atoms with E-state index in [-0.39, 0.29) is 41.3 Å². The molecule has 0 aromatic heterocycles. The molecule has 4 heteroatoms. The molecular weight excluding hydrogens is 239 g/mol. The van der Waals surface area contributed by atoms with Crippen LogP contribution in [-0.2, 0) is 4.74 Å². The van der Waals surface area contributed by atoms with E-state index in [0.717, 1.165) is 12.8 Å². The van der Waals surface area contributed by atoms with Gasteiger partial charge in [-0.2, -0.15) is 0 Å². The summed E-state index contributed by atoms with van der Waals surface area (Å²) in [5.74, 6) is -0.165. The number of carbonyl (C=O) groups is 1. The third kappa shape index (κ3) is 7.04. The Morgan fingerprint density at radius 2 is 1.72 bits per heavy atom. The van der Waals surface area contributed by atoms with Gasteiger partial charge in [-0.05, 0) is 30.7 Å². The van der Waals surface area contributed by atoms with E-state index in [1.807, 2.05) is 0 Å². The van der Waals surface area contributed by atoms with Gasteiger partial charge < -0.3 is 9.84 Å². The Kier molecular flexibility index (Phi) is 10.1. The minimum absolute atomic E-state index is 0. The Hall–Kier alpha value is -0.510. The second-order valence-electron chi connectivity index (χ2n) is 4.10. The van der Waals surface area contributed by atoms with Crippen LogP contribution >= 0.6 is 0 Å². The molecule has 1 rings (SSSR count). The molecule has 0 aliphatic heterocycles. The van der Waals surface area contributed by atoms with Gasteiger partial charge in [0.15, 0.2) is 0 Å². The summed E-state index contributed by atoms with van der Waals surface area (Å²) in [5, 5.41) is 9.08. The molecule has 0 aliphatic carbocycles. The first kappa shape index (κ1) is 17.5. The van der Waals surface area contributed by atoms with Crippen molar-refractivity contribution in [1.82, 2.24) is 0 Å². The zero-order chi connectivity index (χ0) is 12.5. The van der Waals surface area contributed by atoms with E-state index in [9.17, 15) is 4.79 Å². The van der Waals surface area contributed by atoms with Crippen molar-refractivity contribution < 1.29 is 14.6 Å². The third-order valence-corrected chi connectivity index (χ3v) is 2.58. The Bertz CT molecular complexity index is 335. The fourth-order valence-corrected chi connectivity index (χ4v) is 1.55. The van der Waals surface area contributed by atoms with E-state index >= 15 is 0 Å². The van der Waals surface area contributed by atoms with Crippen LogP contribution in [0.4, 0.5) is 0 Å². The standard InChI is InChI=1S/C14H20O3.Na.H/c1-2-3-4-5-6-11-17-14(16)12-7-9-13(15)10-8-12;;/h7-10,15H,2-6,11H2,1H3;;. The summed E-state index contributed by atoms with van der Waals surface area (Å²) in [7, 11) is 0. The summed E-state index contributed by atoms with van der Waals surface area (Å²) in [6.07, 6.45) is 5.69. The van der Waals surface area contributed by atoms with Gasteiger partial charge in [-0.1, -0.05) is 32.6 Å². The van der Waals surface area contributed by atoms with Crippen molar-refractivity contribution in [3.8, 4) is 5.75 Å². The van der Waals surface area contributed by atoms with Crippen molar-refractivity contribution in [2.45, 2.75) is 39.0 Å². The van der Waals surface area contributed by atoms with Crippen molar-refractivity contribution in [3.05, 3.63) is 29.8 Å². The second-order valence-corrected chi connectivity index (χ2v) is 4.10. The molecule has 0 heterocycles. The number of rotatable bonds is 7. The molecule has 1 N–H and O–H groups in total. The first-order valence-electron chi connectivity index (χ1n) is 6.20. The SMILES string of the molecule is CCCCCCCOC(=O)c1ccc(O)cc1.[NaH]. The maximum absolute atomic E-state index is 11.5. The number of phenols is 1. The van der Waals surface area contributed by atoms with E-state index in [4.69, 9.17) is 9.84 Å². The monoisotopic (exact) mass is 260 g/mol. The van der Waals surface area contributed by atoms with Gasteiger partial charge in [0.2, 0.25) is 0 Å². The van der Waals surface area contributed by atoms with Crippen molar-refractivity contribution in [3.63, 3.8) is 0 Å². The molecule has 0 amide bonds. The van der Waals surface area contributed by atoms with E-state index in [1.54, 1.807) is 12.1 Å². The zero-order valence-corrected chi connectivity index (χ0v) is 10.3. The topological polar surface area (TPSA) is 46.5 Å². The predicted octanol–water partition coefficient (Wildman–Crippen LogP) is 2.87. The molecule has 0 radical (unpaired) electrons. The van der Waals surface area contributed by atoms with Crippen molar-refractivity contribution >= 4 is 35.5 Å². The Balaban J connectivity index is 0.00000289. The van der Waals surface area contributed by atoms with E-state index < -0.39 is 0 Å². The van der Waals surface area contributed by atoms with Crippen LogP contribution in [0.2, 0.25) is 0 Å². The summed E-state index contributed by atoms with van der Waals surface area (Å²) in [6, 6.07) is 6.10. The van der Waals surface area contributed by atoms with E-state index in [1.165, 1.54) is 31.4 Å². The van der Waals surface area contributed by atoms with Gasteiger partial charge in [0.1, 0.15) is 5.75 Å². The van der Waals surface area contributed by atoms with E-state index in [2.05, 4.69) is 6.92 Å². The molecule has 1 aromatic carbocycles. The summed E-state index contributed by atoms with van der Waals surface area (Å²) in [5.41, 5.74) is 0.483. The number of hydrogen-bond acceptors (Lipinski definition) is 3. The molecule has 1 aromatic rings. The molecule has 0 spiro atoms. The Morgan fingerprint density at radius 3 is 2.33 bits per heavy atom. The Morgan fingerprint density at radius 1 is 1.11 bits per heavy atom. The molecule has 3 nitrogen and oxygen atoms in total. The number of phenolic OH excluding ortho intramolecular Hbond substituents is 1. The fourth-order valence-electron chi connectivity index (χ4n) is 1.55. The quantitative estimate of drug-likeness (QED) is 0.466. The van der Waals surface area contributed by atoms with Gasteiger partial charge in [-0.25, -0.2) is 4.79 Å². The molecule has 18 heavy (non-hydrogen) atoms. The van der Waals surface area contributed by atoms with Crippen LogP contribution in [0.5, 0.6) is 5.75 Å². The Labute approximate surface area is 131 Å². The number of esters is 1. The zero-order valence-electron chi connectivity index (χ0n) is 10.3. The number of carbonyl (C=O) groups excluding carboxylic acids is 1. The van der Waals surface area contributed by atoms with Gasteiger partial charge in [0.25, 0.3) is 0 Å². The molecule has 0 saturated heterocycles. The minimum atomic E-state index is -0.319. The second kappa shape index (κ2) is 10.4. The van der Waals surface area contributed by atoms with Gasteiger partial charge in [-0.15, -0.1) is 0 Å². The molecule has 0 atom stereocenters. The van der Waals surface area contributed by atoms with Crippen molar-refractivity contribution in [1.29, 1.82) is 0 Å². The summed E-state index contributed by atoms with van der Waals surface area (Å²) < 4.78 is 5.13. The van der Waals surface area contributed by atoms with Crippen LogP contribution in [0.1, 0.15) is 49.4 Å². The molecular formula is C14H21NaO3. The fraction of sp³-hybridized carbons (Fsp3) is 0.500. The van der Waals surface area contributed by atoms with E-state index in [0.29, 0.717) is 12.2 Å². The molecule has 0 fully saturated rings. The number of benzene rings is 1. The van der Waals surface area contributed by atoms with Gasteiger partial charge >= 0.3 is 35.5 Å². The summed E-state index contributed by atoms with van der Waals surface area (Å²) >= 11 is 0. The predicted molar refractivity (Wildman–Crippen MR) is 74.3 cm³/mol. The van der Waals surface area contributed by atoms with Gasteiger partial charge in [0, 0.05) is 0 Å². The molecule has 0 unspecified atom stereocenters. The van der Waals surface area contributed by atoms with Crippen LogP contribution in [0.15, 0.2) is 24.3 Å². The number of ether oxygens (including phenoxy) is 1.